The number of nitrogens with one attached hydrogen (secondary N) is 1. The maximum Gasteiger partial charge on any atom is 0.248 e. The summed E-state index contributed by atoms with van der Waals surface area (Å²) < 4.78 is 10.6. The predicted molar refractivity (Wildman–Crippen MR) is 98.4 cm³/mol. The van der Waals surface area contributed by atoms with E-state index in [2.05, 4.69) is 5.32 Å². The third-order valence-corrected chi connectivity index (χ3v) is 4.51. The number of amides is 2. The second kappa shape index (κ2) is 6.55. The van der Waals surface area contributed by atoms with E-state index in [1.54, 1.807) is 24.1 Å². The van der Waals surface area contributed by atoms with Gasteiger partial charge in [0.1, 0.15) is 0 Å². The number of carbonyl (C=O) groups is 2. The van der Waals surface area contributed by atoms with Crippen molar-refractivity contribution < 1.29 is 19.1 Å². The lowest BCUT2D eigenvalue weighted by Crippen LogP contribution is -2.31. The molecule has 2 aromatic rings. The molecule has 0 fully saturated rings. The zero-order valence-electron chi connectivity index (χ0n) is 14.3. The Hall–Kier alpha value is -3.28. The van der Waals surface area contributed by atoms with Crippen molar-refractivity contribution in [2.75, 3.05) is 24.1 Å². The first-order valence-electron chi connectivity index (χ1n) is 8.38. The Kier molecular flexibility index (Phi) is 4.08. The van der Waals surface area contributed by atoms with Crippen LogP contribution in [0.15, 0.2) is 42.5 Å². The minimum absolute atomic E-state index is 0.112. The normalized spacial score (nSPS) is 15.3. The number of hydrogen-bond donors (Lipinski definition) is 1. The topological polar surface area (TPSA) is 67.9 Å². The van der Waals surface area contributed by atoms with Gasteiger partial charge in [-0.3, -0.25) is 9.59 Å². The Morgan fingerprint density at radius 3 is 2.85 bits per heavy atom. The molecule has 2 aromatic carbocycles. The fourth-order valence-corrected chi connectivity index (χ4v) is 3.11. The molecule has 1 N–H and O–H groups in total. The molecule has 26 heavy (non-hydrogen) atoms. The van der Waals surface area contributed by atoms with Crippen molar-refractivity contribution in [1.29, 1.82) is 0 Å². The molecule has 0 saturated carbocycles. The van der Waals surface area contributed by atoms with Crippen molar-refractivity contribution in [3.63, 3.8) is 0 Å². The first-order chi connectivity index (χ1) is 12.6. The summed E-state index contributed by atoms with van der Waals surface area (Å²) in [5, 5.41) is 2.86. The first kappa shape index (κ1) is 16.2. The van der Waals surface area contributed by atoms with Gasteiger partial charge in [-0.2, -0.15) is 0 Å². The van der Waals surface area contributed by atoms with Crippen molar-refractivity contribution in [2.24, 2.45) is 0 Å². The molecule has 2 aliphatic rings. The van der Waals surface area contributed by atoms with Crippen LogP contribution in [0.4, 0.5) is 11.4 Å². The average Bonchev–Trinajstić information content (AvgIpc) is 3.11. The van der Waals surface area contributed by atoms with Gasteiger partial charge in [0.25, 0.3) is 0 Å². The van der Waals surface area contributed by atoms with E-state index in [1.165, 1.54) is 6.08 Å². The highest BCUT2D eigenvalue weighted by molar-refractivity contribution is 6.02. The number of ether oxygens (including phenoxy) is 2. The number of rotatable bonds is 3. The lowest BCUT2D eigenvalue weighted by atomic mass is 10.0. The largest absolute Gasteiger partial charge is 0.454 e. The quantitative estimate of drug-likeness (QED) is 0.864. The van der Waals surface area contributed by atoms with Gasteiger partial charge in [0.15, 0.2) is 11.5 Å². The molecule has 6 nitrogen and oxygen atoms in total. The van der Waals surface area contributed by atoms with E-state index in [9.17, 15) is 9.59 Å². The van der Waals surface area contributed by atoms with E-state index in [0.717, 1.165) is 16.8 Å². The molecule has 4 rings (SSSR count). The smallest absolute Gasteiger partial charge is 0.248 e. The fourth-order valence-electron chi connectivity index (χ4n) is 3.11. The van der Waals surface area contributed by atoms with Crippen molar-refractivity contribution >= 4 is 29.3 Å². The third kappa shape index (κ3) is 3.13. The summed E-state index contributed by atoms with van der Waals surface area (Å²) in [6.07, 6.45) is 4.38. The zero-order chi connectivity index (χ0) is 18.1. The van der Waals surface area contributed by atoms with Gasteiger partial charge in [-0.25, -0.2) is 0 Å². The number of hydrogen-bond acceptors (Lipinski definition) is 4. The molecular formula is C20H18N2O4. The van der Waals surface area contributed by atoms with Crippen LogP contribution >= 0.6 is 0 Å². The van der Waals surface area contributed by atoms with Gasteiger partial charge >= 0.3 is 0 Å². The second-order valence-corrected chi connectivity index (χ2v) is 6.23. The molecule has 2 amide bonds. The van der Waals surface area contributed by atoms with E-state index in [0.29, 0.717) is 30.0 Å². The molecular weight excluding hydrogens is 332 g/mol. The first-order valence-corrected chi connectivity index (χ1v) is 8.38. The average molecular weight is 350 g/mol. The molecule has 0 bridgehead atoms. The van der Waals surface area contributed by atoms with Crippen LogP contribution in [-0.4, -0.2) is 25.7 Å². The number of benzene rings is 2. The maximum absolute atomic E-state index is 12.2. The van der Waals surface area contributed by atoms with Crippen LogP contribution in [0.25, 0.3) is 6.08 Å². The molecule has 0 atom stereocenters. The Morgan fingerprint density at radius 1 is 1.12 bits per heavy atom. The van der Waals surface area contributed by atoms with E-state index in [4.69, 9.17) is 9.47 Å². The number of fused-ring (bicyclic) bond motifs is 2. The highest BCUT2D eigenvalue weighted by Gasteiger charge is 2.20. The summed E-state index contributed by atoms with van der Waals surface area (Å²) in [6, 6.07) is 11.1. The predicted octanol–water partition coefficient (Wildman–Crippen LogP) is 2.98. The van der Waals surface area contributed by atoms with Crippen LogP contribution in [0.2, 0.25) is 0 Å². The SMILES string of the molecule is CN1C(=O)CCc2cc(NC(=O)/C=C/c3ccc4c(c3)OCO4)ccc21. The van der Waals surface area contributed by atoms with Crippen molar-refractivity contribution in [2.45, 2.75) is 12.8 Å². The molecule has 132 valence electrons. The zero-order valence-corrected chi connectivity index (χ0v) is 14.3. The Morgan fingerprint density at radius 2 is 1.96 bits per heavy atom. The van der Waals surface area contributed by atoms with Crippen LogP contribution in [0.1, 0.15) is 17.5 Å². The van der Waals surface area contributed by atoms with Gasteiger partial charge in [0, 0.05) is 30.9 Å². The third-order valence-electron chi connectivity index (χ3n) is 4.51. The molecule has 6 heteroatoms. The Balaban J connectivity index is 1.44. The molecule has 0 saturated heterocycles. The second-order valence-electron chi connectivity index (χ2n) is 6.23. The highest BCUT2D eigenvalue weighted by Crippen LogP contribution is 2.33. The summed E-state index contributed by atoms with van der Waals surface area (Å²) in [4.78, 5) is 25.6. The number of nitrogens with zero attached hydrogens (tertiary/aromatic N) is 1. The van der Waals surface area contributed by atoms with Crippen LogP contribution in [0.3, 0.4) is 0 Å². The molecule has 0 aliphatic carbocycles. The van der Waals surface area contributed by atoms with E-state index in [1.807, 2.05) is 30.3 Å². The summed E-state index contributed by atoms with van der Waals surface area (Å²) in [7, 11) is 1.77. The summed E-state index contributed by atoms with van der Waals surface area (Å²) in [5.41, 5.74) is 3.53. The molecule has 0 spiro atoms. The monoisotopic (exact) mass is 350 g/mol. The molecule has 2 heterocycles. The van der Waals surface area contributed by atoms with Crippen molar-refractivity contribution in [3.05, 3.63) is 53.6 Å². The summed E-state index contributed by atoms with van der Waals surface area (Å²) >= 11 is 0. The van der Waals surface area contributed by atoms with Crippen LogP contribution in [0, 0.1) is 0 Å². The van der Waals surface area contributed by atoms with E-state index < -0.39 is 0 Å². The minimum atomic E-state index is -0.220. The van der Waals surface area contributed by atoms with Crippen molar-refractivity contribution in [1.82, 2.24) is 0 Å². The summed E-state index contributed by atoms with van der Waals surface area (Å²) in [6.45, 7) is 0.224. The Labute approximate surface area is 151 Å². The number of anilines is 2. The van der Waals surface area contributed by atoms with Gasteiger partial charge in [0.2, 0.25) is 18.6 Å². The standard InChI is InChI=1S/C20H18N2O4/c1-22-16-6-5-15(11-14(16)4-9-20(22)24)21-19(23)8-3-13-2-7-17-18(10-13)26-12-25-17/h2-3,5-8,10-11H,4,9,12H2,1H3,(H,21,23)/b8-3+. The van der Waals surface area contributed by atoms with Gasteiger partial charge in [-0.1, -0.05) is 6.07 Å². The van der Waals surface area contributed by atoms with Gasteiger partial charge in [-0.05, 0) is 54.0 Å². The van der Waals surface area contributed by atoms with Crippen molar-refractivity contribution in [3.8, 4) is 11.5 Å². The molecule has 0 aromatic heterocycles. The van der Waals surface area contributed by atoms with E-state index in [-0.39, 0.29) is 18.6 Å². The lowest BCUT2D eigenvalue weighted by Gasteiger charge is -2.26. The van der Waals surface area contributed by atoms with Gasteiger partial charge in [0.05, 0.1) is 0 Å². The fraction of sp³-hybridized carbons (Fsp3) is 0.200. The molecule has 0 unspecified atom stereocenters. The maximum atomic E-state index is 12.2. The molecule has 0 radical (unpaired) electrons. The minimum Gasteiger partial charge on any atom is -0.454 e. The number of aryl methyl sites for hydroxylation is 1. The van der Waals surface area contributed by atoms with Crippen LogP contribution < -0.4 is 19.7 Å². The van der Waals surface area contributed by atoms with Gasteiger partial charge in [-0.15, -0.1) is 0 Å². The van der Waals surface area contributed by atoms with Crippen LogP contribution in [-0.2, 0) is 16.0 Å². The van der Waals surface area contributed by atoms with Gasteiger partial charge < -0.3 is 19.7 Å². The Bertz CT molecular complexity index is 920. The van der Waals surface area contributed by atoms with E-state index >= 15 is 0 Å². The number of carbonyl (C=O) groups excluding carboxylic acids is 2. The van der Waals surface area contributed by atoms with Crippen LogP contribution in [0.5, 0.6) is 11.5 Å². The highest BCUT2D eigenvalue weighted by atomic mass is 16.7. The summed E-state index contributed by atoms with van der Waals surface area (Å²) in [5.74, 6) is 1.29. The lowest BCUT2D eigenvalue weighted by molar-refractivity contribution is -0.118. The molecule has 2 aliphatic heterocycles.